The van der Waals surface area contributed by atoms with E-state index in [9.17, 15) is 4.21 Å². The van der Waals surface area contributed by atoms with Gasteiger partial charge in [0, 0.05) is 16.7 Å². The molecule has 0 radical (unpaired) electrons. The summed E-state index contributed by atoms with van der Waals surface area (Å²) in [5.74, 6) is 1.24. The molecule has 0 aliphatic rings. The number of nitrogens with one attached hydrogen (secondary N) is 1. The third-order valence-electron chi connectivity index (χ3n) is 3.77. The normalized spacial score (nSPS) is 16.3. The molecule has 1 aromatic carbocycles. The summed E-state index contributed by atoms with van der Waals surface area (Å²) in [5.41, 5.74) is 2.47. The molecule has 0 saturated heterocycles. The van der Waals surface area contributed by atoms with Crippen LogP contribution in [0.1, 0.15) is 31.4 Å². The first kappa shape index (κ1) is 15.4. The van der Waals surface area contributed by atoms with Gasteiger partial charge in [-0.05, 0) is 50.1 Å². The summed E-state index contributed by atoms with van der Waals surface area (Å²) in [4.78, 5) is 0.946. The van der Waals surface area contributed by atoms with Crippen molar-refractivity contribution in [3.63, 3.8) is 0 Å². The van der Waals surface area contributed by atoms with Gasteiger partial charge in [-0.15, -0.1) is 0 Å². The van der Waals surface area contributed by atoms with Crippen molar-refractivity contribution in [2.24, 2.45) is 5.92 Å². The topological polar surface area (TPSA) is 29.1 Å². The minimum atomic E-state index is -0.917. The maximum Gasteiger partial charge on any atom is 0.0545 e. The lowest BCUT2D eigenvalue weighted by Crippen LogP contribution is -2.36. The van der Waals surface area contributed by atoms with Gasteiger partial charge in [0.1, 0.15) is 0 Å². The van der Waals surface area contributed by atoms with Gasteiger partial charge >= 0.3 is 0 Å². The SMILES string of the molecule is CCC(C)C(CS(=O)c1ccc(C)c(C)c1)NC. The molecular formula is C15H25NOS. The Hall–Kier alpha value is -0.670. The number of rotatable bonds is 6. The van der Waals surface area contributed by atoms with Crippen LogP contribution in [-0.2, 0) is 10.8 Å². The smallest absolute Gasteiger partial charge is 0.0545 e. The Morgan fingerprint density at radius 3 is 2.44 bits per heavy atom. The van der Waals surface area contributed by atoms with Gasteiger partial charge in [-0.25, -0.2) is 0 Å². The molecule has 1 N–H and O–H groups in total. The van der Waals surface area contributed by atoms with Crippen LogP contribution in [0.5, 0.6) is 0 Å². The fraction of sp³-hybridized carbons (Fsp3) is 0.600. The summed E-state index contributed by atoms with van der Waals surface area (Å²) in [6, 6.07) is 6.41. The van der Waals surface area contributed by atoms with E-state index >= 15 is 0 Å². The van der Waals surface area contributed by atoms with E-state index in [1.54, 1.807) is 0 Å². The highest BCUT2D eigenvalue weighted by Gasteiger charge is 2.17. The average molecular weight is 267 g/mol. The molecule has 3 unspecified atom stereocenters. The second kappa shape index (κ2) is 7.05. The predicted octanol–water partition coefficient (Wildman–Crippen LogP) is 3.05. The fourth-order valence-electron chi connectivity index (χ4n) is 1.93. The van der Waals surface area contributed by atoms with Crippen molar-refractivity contribution in [2.45, 2.75) is 45.1 Å². The first-order chi connectivity index (χ1) is 8.49. The number of hydrogen-bond acceptors (Lipinski definition) is 2. The minimum Gasteiger partial charge on any atom is -0.316 e. The molecule has 102 valence electrons. The highest BCUT2D eigenvalue weighted by Crippen LogP contribution is 2.16. The second-order valence-electron chi connectivity index (χ2n) is 5.04. The Kier molecular flexibility index (Phi) is 6.03. The summed E-state index contributed by atoms with van der Waals surface area (Å²) >= 11 is 0. The van der Waals surface area contributed by atoms with Gasteiger partial charge in [-0.1, -0.05) is 26.3 Å². The molecule has 18 heavy (non-hydrogen) atoms. The zero-order chi connectivity index (χ0) is 13.7. The zero-order valence-electron chi connectivity index (χ0n) is 12.1. The van der Waals surface area contributed by atoms with Gasteiger partial charge < -0.3 is 5.32 Å². The lowest BCUT2D eigenvalue weighted by Gasteiger charge is -2.22. The molecule has 0 saturated carbocycles. The maximum absolute atomic E-state index is 12.4. The summed E-state index contributed by atoms with van der Waals surface area (Å²) in [6.45, 7) is 8.53. The molecule has 0 aliphatic carbocycles. The molecule has 0 aromatic heterocycles. The Morgan fingerprint density at radius 1 is 1.28 bits per heavy atom. The molecule has 3 heteroatoms. The number of benzene rings is 1. The van der Waals surface area contributed by atoms with Crippen molar-refractivity contribution in [3.05, 3.63) is 29.3 Å². The molecule has 1 rings (SSSR count). The summed E-state index contributed by atoms with van der Waals surface area (Å²) < 4.78 is 12.4. The number of aryl methyl sites for hydroxylation is 2. The van der Waals surface area contributed by atoms with Gasteiger partial charge in [0.25, 0.3) is 0 Å². The van der Waals surface area contributed by atoms with Crippen LogP contribution < -0.4 is 5.32 Å². The minimum absolute atomic E-state index is 0.317. The third kappa shape index (κ3) is 3.92. The molecule has 0 aliphatic heterocycles. The van der Waals surface area contributed by atoms with Gasteiger partial charge in [0.15, 0.2) is 0 Å². The van der Waals surface area contributed by atoms with Crippen LogP contribution >= 0.6 is 0 Å². The van der Waals surface area contributed by atoms with Crippen molar-refractivity contribution in [1.82, 2.24) is 5.32 Å². The van der Waals surface area contributed by atoms with E-state index in [-0.39, 0.29) is 0 Å². The van der Waals surface area contributed by atoms with E-state index in [4.69, 9.17) is 0 Å². The van der Waals surface area contributed by atoms with Crippen molar-refractivity contribution in [3.8, 4) is 0 Å². The highest BCUT2D eigenvalue weighted by atomic mass is 32.2. The van der Waals surface area contributed by atoms with Crippen molar-refractivity contribution >= 4 is 10.8 Å². The van der Waals surface area contributed by atoms with Crippen LogP contribution in [0.2, 0.25) is 0 Å². The van der Waals surface area contributed by atoms with Crippen molar-refractivity contribution < 1.29 is 4.21 Å². The van der Waals surface area contributed by atoms with Gasteiger partial charge in [-0.3, -0.25) is 4.21 Å². The van der Waals surface area contributed by atoms with Gasteiger partial charge in [0.05, 0.1) is 10.8 Å². The maximum atomic E-state index is 12.4. The largest absolute Gasteiger partial charge is 0.316 e. The van der Waals surface area contributed by atoms with E-state index in [0.717, 1.165) is 11.3 Å². The Bertz CT molecular complexity index is 417. The van der Waals surface area contributed by atoms with Crippen molar-refractivity contribution in [2.75, 3.05) is 12.8 Å². The Labute approximate surface area is 114 Å². The van der Waals surface area contributed by atoms with E-state index in [2.05, 4.69) is 45.1 Å². The summed E-state index contributed by atoms with van der Waals surface area (Å²) in [5, 5.41) is 3.29. The second-order valence-corrected chi connectivity index (χ2v) is 6.53. The molecule has 0 bridgehead atoms. The molecule has 2 nitrogen and oxygen atoms in total. The Balaban J connectivity index is 2.77. The lowest BCUT2D eigenvalue weighted by molar-refractivity contribution is 0.418. The quantitative estimate of drug-likeness (QED) is 0.858. The monoisotopic (exact) mass is 267 g/mol. The summed E-state index contributed by atoms with van der Waals surface area (Å²) in [7, 11) is 1.04. The van der Waals surface area contributed by atoms with Crippen LogP contribution in [0.3, 0.4) is 0 Å². The fourth-order valence-corrected chi connectivity index (χ4v) is 3.47. The Morgan fingerprint density at radius 2 is 1.94 bits per heavy atom. The van der Waals surface area contributed by atoms with Crippen LogP contribution in [0, 0.1) is 19.8 Å². The van der Waals surface area contributed by atoms with Crippen LogP contribution in [0.25, 0.3) is 0 Å². The lowest BCUT2D eigenvalue weighted by atomic mass is 10.0. The standard InChI is InChI=1S/C15H25NOS/c1-6-11(2)15(16-5)10-18(17)14-8-7-12(3)13(4)9-14/h7-9,11,15-16H,6,10H2,1-5H3. The first-order valence-corrected chi connectivity index (χ1v) is 7.94. The van der Waals surface area contributed by atoms with Crippen LogP contribution in [0.4, 0.5) is 0 Å². The zero-order valence-corrected chi connectivity index (χ0v) is 12.9. The molecule has 0 heterocycles. The molecule has 1 aromatic rings. The third-order valence-corrected chi connectivity index (χ3v) is 5.22. The van der Waals surface area contributed by atoms with Crippen LogP contribution in [-0.4, -0.2) is 23.1 Å². The van der Waals surface area contributed by atoms with E-state index < -0.39 is 10.8 Å². The van der Waals surface area contributed by atoms with Crippen molar-refractivity contribution in [1.29, 1.82) is 0 Å². The number of hydrogen-bond donors (Lipinski definition) is 1. The van der Waals surface area contributed by atoms with Crippen LogP contribution in [0.15, 0.2) is 23.1 Å². The van der Waals surface area contributed by atoms with E-state index in [1.165, 1.54) is 11.1 Å². The molecule has 0 fully saturated rings. The average Bonchev–Trinajstić information content (AvgIpc) is 2.37. The molecule has 3 atom stereocenters. The van der Waals surface area contributed by atoms with E-state index in [0.29, 0.717) is 17.7 Å². The van der Waals surface area contributed by atoms with Gasteiger partial charge in [0.2, 0.25) is 0 Å². The van der Waals surface area contributed by atoms with Gasteiger partial charge in [-0.2, -0.15) is 0 Å². The molecule has 0 spiro atoms. The molecular weight excluding hydrogens is 242 g/mol. The predicted molar refractivity (Wildman–Crippen MR) is 79.5 cm³/mol. The van der Waals surface area contributed by atoms with E-state index in [1.807, 2.05) is 13.1 Å². The summed E-state index contributed by atoms with van der Waals surface area (Å²) in [6.07, 6.45) is 1.11. The first-order valence-electron chi connectivity index (χ1n) is 6.62. The highest BCUT2D eigenvalue weighted by molar-refractivity contribution is 7.85. The molecule has 0 amide bonds.